The Kier molecular flexibility index (Phi) is 5.95. The molecule has 0 spiro atoms. The highest BCUT2D eigenvalue weighted by Gasteiger charge is 2.25. The van der Waals surface area contributed by atoms with Crippen LogP contribution in [0.15, 0.2) is 71.3 Å². The molecule has 34 heavy (non-hydrogen) atoms. The molecule has 8 heteroatoms. The van der Waals surface area contributed by atoms with E-state index in [1.165, 1.54) is 0 Å². The summed E-state index contributed by atoms with van der Waals surface area (Å²) in [6.45, 7) is 4.58. The van der Waals surface area contributed by atoms with Gasteiger partial charge in [0.25, 0.3) is 11.8 Å². The number of rotatable bonds is 5. The molecule has 0 N–H and O–H groups in total. The highest BCUT2D eigenvalue weighted by Crippen LogP contribution is 2.31. The van der Waals surface area contributed by atoms with Crippen LogP contribution in [0.2, 0.25) is 0 Å². The van der Waals surface area contributed by atoms with Crippen LogP contribution in [0.5, 0.6) is 5.75 Å². The van der Waals surface area contributed by atoms with E-state index in [1.807, 2.05) is 72.5 Å². The largest absolute Gasteiger partial charge is 0.497 e. The van der Waals surface area contributed by atoms with Gasteiger partial charge in [0.05, 0.1) is 12.7 Å². The summed E-state index contributed by atoms with van der Waals surface area (Å²) in [6.07, 6.45) is 1.75. The number of pyridine rings is 1. The molecular weight excluding hydrogens is 430 g/mol. The van der Waals surface area contributed by atoms with Crippen molar-refractivity contribution in [2.75, 3.05) is 38.2 Å². The molecule has 5 rings (SSSR count). The van der Waals surface area contributed by atoms with Gasteiger partial charge < -0.3 is 19.0 Å². The van der Waals surface area contributed by atoms with Crippen molar-refractivity contribution < 1.29 is 13.9 Å². The number of amides is 1. The Morgan fingerprint density at radius 1 is 0.912 bits per heavy atom. The topological polar surface area (TPSA) is 84.6 Å². The highest BCUT2D eigenvalue weighted by molar-refractivity contribution is 5.94. The monoisotopic (exact) mass is 455 g/mol. The second kappa shape index (κ2) is 9.35. The summed E-state index contributed by atoms with van der Waals surface area (Å²) in [4.78, 5) is 21.5. The number of carbonyl (C=O) groups excluding carboxylic acids is 1. The Balaban J connectivity index is 1.32. The van der Waals surface area contributed by atoms with Gasteiger partial charge in [0.15, 0.2) is 0 Å². The van der Waals surface area contributed by atoms with Crippen LogP contribution in [0.4, 0.5) is 5.82 Å². The molecule has 0 radical (unpaired) electrons. The number of hydrogen-bond donors (Lipinski definition) is 0. The molecule has 1 amide bonds. The van der Waals surface area contributed by atoms with Crippen LogP contribution in [0, 0.1) is 6.92 Å². The molecular formula is C26H25N5O3. The molecule has 172 valence electrons. The van der Waals surface area contributed by atoms with Crippen LogP contribution < -0.4 is 9.64 Å². The standard InChI is InChI=1S/C26H25N5O3/c1-18-5-7-20(8-6-18)26(32)31-16-14-30(15-17-31)23-22(4-3-13-27-23)25-29-28-24(34-25)19-9-11-21(33-2)12-10-19/h3-13H,14-17H2,1-2H3. The maximum atomic E-state index is 12.9. The van der Waals surface area contributed by atoms with Crippen molar-refractivity contribution in [1.29, 1.82) is 0 Å². The molecule has 4 aromatic rings. The van der Waals surface area contributed by atoms with E-state index in [0.717, 1.165) is 33.8 Å². The minimum absolute atomic E-state index is 0.0573. The van der Waals surface area contributed by atoms with E-state index < -0.39 is 0 Å². The van der Waals surface area contributed by atoms with E-state index >= 15 is 0 Å². The Morgan fingerprint density at radius 2 is 1.62 bits per heavy atom. The normalized spacial score (nSPS) is 13.7. The quantitative estimate of drug-likeness (QED) is 0.448. The van der Waals surface area contributed by atoms with Gasteiger partial charge in [0.1, 0.15) is 11.6 Å². The van der Waals surface area contributed by atoms with Gasteiger partial charge in [0, 0.05) is 43.5 Å². The van der Waals surface area contributed by atoms with E-state index in [-0.39, 0.29) is 5.91 Å². The molecule has 1 aliphatic rings. The molecule has 0 unspecified atom stereocenters. The molecule has 1 saturated heterocycles. The number of benzene rings is 2. The van der Waals surface area contributed by atoms with Gasteiger partial charge in [0.2, 0.25) is 5.89 Å². The summed E-state index contributed by atoms with van der Waals surface area (Å²) in [5, 5.41) is 8.49. The fraction of sp³-hybridized carbons (Fsp3) is 0.231. The maximum Gasteiger partial charge on any atom is 0.253 e. The highest BCUT2D eigenvalue weighted by atomic mass is 16.5. The fourth-order valence-electron chi connectivity index (χ4n) is 4.00. The van der Waals surface area contributed by atoms with Gasteiger partial charge in [-0.1, -0.05) is 17.7 Å². The van der Waals surface area contributed by atoms with Crippen LogP contribution in [0.3, 0.4) is 0 Å². The second-order valence-corrected chi connectivity index (χ2v) is 8.16. The summed E-state index contributed by atoms with van der Waals surface area (Å²) >= 11 is 0. The van der Waals surface area contributed by atoms with Gasteiger partial charge in [-0.25, -0.2) is 4.98 Å². The van der Waals surface area contributed by atoms with Crippen molar-refractivity contribution in [3.63, 3.8) is 0 Å². The van der Waals surface area contributed by atoms with Crippen molar-refractivity contribution >= 4 is 11.7 Å². The predicted molar refractivity (Wildman–Crippen MR) is 129 cm³/mol. The Labute approximate surface area is 197 Å². The molecule has 2 aromatic heterocycles. The Morgan fingerprint density at radius 3 is 2.32 bits per heavy atom. The zero-order valence-electron chi connectivity index (χ0n) is 19.1. The first-order chi connectivity index (χ1) is 16.6. The summed E-state index contributed by atoms with van der Waals surface area (Å²) in [5.41, 5.74) is 3.44. The molecule has 2 aromatic carbocycles. The van der Waals surface area contributed by atoms with Crippen LogP contribution in [0.1, 0.15) is 15.9 Å². The van der Waals surface area contributed by atoms with E-state index in [4.69, 9.17) is 9.15 Å². The third-order valence-corrected chi connectivity index (χ3v) is 5.94. The molecule has 3 heterocycles. The van der Waals surface area contributed by atoms with Crippen LogP contribution in [0.25, 0.3) is 22.9 Å². The van der Waals surface area contributed by atoms with Gasteiger partial charge in [-0.05, 0) is 55.5 Å². The van der Waals surface area contributed by atoms with Crippen LogP contribution >= 0.6 is 0 Å². The lowest BCUT2D eigenvalue weighted by atomic mass is 10.1. The lowest BCUT2D eigenvalue weighted by Crippen LogP contribution is -2.49. The van der Waals surface area contributed by atoms with Crippen LogP contribution in [-0.4, -0.2) is 59.3 Å². The maximum absolute atomic E-state index is 12.9. The van der Waals surface area contributed by atoms with E-state index in [9.17, 15) is 4.79 Å². The first-order valence-corrected chi connectivity index (χ1v) is 11.2. The molecule has 1 fully saturated rings. The number of piperazine rings is 1. The van der Waals surface area contributed by atoms with Crippen molar-refractivity contribution in [2.24, 2.45) is 0 Å². The number of carbonyl (C=O) groups is 1. The molecule has 0 aliphatic carbocycles. The van der Waals surface area contributed by atoms with Gasteiger partial charge in [-0.15, -0.1) is 10.2 Å². The van der Waals surface area contributed by atoms with E-state index in [0.29, 0.717) is 38.0 Å². The number of nitrogens with zero attached hydrogens (tertiary/aromatic N) is 5. The van der Waals surface area contributed by atoms with Crippen molar-refractivity contribution in [2.45, 2.75) is 6.92 Å². The summed E-state index contributed by atoms with van der Waals surface area (Å²) in [5.74, 6) is 2.43. The third kappa shape index (κ3) is 4.34. The lowest BCUT2D eigenvalue weighted by molar-refractivity contribution is 0.0746. The number of ether oxygens (including phenoxy) is 1. The third-order valence-electron chi connectivity index (χ3n) is 5.94. The number of aryl methyl sites for hydroxylation is 1. The van der Waals surface area contributed by atoms with Crippen molar-refractivity contribution in [3.05, 3.63) is 78.0 Å². The van der Waals surface area contributed by atoms with E-state index in [1.54, 1.807) is 13.3 Å². The summed E-state index contributed by atoms with van der Waals surface area (Å²) < 4.78 is 11.2. The molecule has 8 nitrogen and oxygen atoms in total. The van der Waals surface area contributed by atoms with Crippen molar-refractivity contribution in [1.82, 2.24) is 20.1 Å². The van der Waals surface area contributed by atoms with Gasteiger partial charge in [-0.3, -0.25) is 4.79 Å². The average Bonchev–Trinajstić information content (AvgIpc) is 3.39. The second-order valence-electron chi connectivity index (χ2n) is 8.16. The SMILES string of the molecule is COc1ccc(-c2nnc(-c3cccnc3N3CCN(C(=O)c4ccc(C)cc4)CC3)o2)cc1. The zero-order valence-corrected chi connectivity index (χ0v) is 19.1. The van der Waals surface area contributed by atoms with Gasteiger partial charge in [-0.2, -0.15) is 0 Å². The van der Waals surface area contributed by atoms with E-state index in [2.05, 4.69) is 20.1 Å². The lowest BCUT2D eigenvalue weighted by Gasteiger charge is -2.36. The Hall–Kier alpha value is -4.20. The molecule has 0 bridgehead atoms. The summed E-state index contributed by atoms with van der Waals surface area (Å²) in [6, 6.07) is 19.0. The number of methoxy groups -OCH3 is 1. The van der Waals surface area contributed by atoms with Crippen molar-refractivity contribution in [3.8, 4) is 28.7 Å². The number of aromatic nitrogens is 3. The zero-order chi connectivity index (χ0) is 23.5. The minimum atomic E-state index is 0.0573. The first kappa shape index (κ1) is 21.6. The number of anilines is 1. The minimum Gasteiger partial charge on any atom is -0.497 e. The molecule has 1 aliphatic heterocycles. The number of hydrogen-bond acceptors (Lipinski definition) is 7. The predicted octanol–water partition coefficient (Wildman–Crippen LogP) is 4.08. The smallest absolute Gasteiger partial charge is 0.253 e. The first-order valence-electron chi connectivity index (χ1n) is 11.2. The van der Waals surface area contributed by atoms with Crippen LogP contribution in [-0.2, 0) is 0 Å². The fourth-order valence-corrected chi connectivity index (χ4v) is 4.00. The Bertz CT molecular complexity index is 1280. The molecule has 0 saturated carbocycles. The molecule has 0 atom stereocenters. The summed E-state index contributed by atoms with van der Waals surface area (Å²) in [7, 11) is 1.63. The average molecular weight is 456 g/mol. The van der Waals surface area contributed by atoms with Gasteiger partial charge >= 0.3 is 0 Å².